The quantitative estimate of drug-likeness (QED) is 0.169. The molecule has 8 rings (SSSR count). The summed E-state index contributed by atoms with van der Waals surface area (Å²) in [6.07, 6.45) is 1.49. The molecule has 0 spiro atoms. The number of pyridine rings is 1. The normalized spacial score (nSPS) is 13.1. The van der Waals surface area contributed by atoms with Crippen molar-refractivity contribution in [3.63, 3.8) is 0 Å². The molecule has 0 atom stereocenters. The Morgan fingerprint density at radius 1 is 0.583 bits per heavy atom. The fourth-order valence-electron chi connectivity index (χ4n) is 7.86. The molecule has 1 N–H and O–H groups in total. The minimum atomic E-state index is -2.35. The molecule has 2 aromatic heterocycles. The third kappa shape index (κ3) is 8.15. The van der Waals surface area contributed by atoms with E-state index in [1.54, 1.807) is 0 Å². The first-order valence-corrected chi connectivity index (χ1v) is 20.4. The van der Waals surface area contributed by atoms with E-state index in [9.17, 15) is 5.11 Å². The molecule has 0 saturated carbocycles. The molecule has 5 heteroatoms. The van der Waals surface area contributed by atoms with Gasteiger partial charge in [-0.15, -0.1) is 29.3 Å². The van der Waals surface area contributed by atoms with E-state index >= 15 is 0 Å². The fourth-order valence-corrected chi connectivity index (χ4v) is 7.86. The summed E-state index contributed by atoms with van der Waals surface area (Å²) in [6, 6.07) is 48.8. The number of nitrogens with zero attached hydrogens (tertiary/aromatic N) is 3. The molecule has 2 heterocycles. The summed E-state index contributed by atoms with van der Waals surface area (Å²) in [5.41, 5.74) is 12.5. The Kier molecular flexibility index (Phi) is 10.4. The molecule has 0 aliphatic rings. The topological polar surface area (TPSA) is 50.9 Å². The van der Waals surface area contributed by atoms with Gasteiger partial charge in [0.2, 0.25) is 0 Å². The molecule has 0 unspecified atom stereocenters. The Bertz CT molecular complexity index is 2950. The van der Waals surface area contributed by atoms with Crippen LogP contribution in [0.3, 0.4) is 0 Å². The number of fused-ring (bicyclic) bond motifs is 1. The second-order valence-corrected chi connectivity index (χ2v) is 18.7. The van der Waals surface area contributed by atoms with E-state index in [0.29, 0.717) is 22.6 Å². The van der Waals surface area contributed by atoms with Crippen molar-refractivity contribution in [2.75, 3.05) is 0 Å². The van der Waals surface area contributed by atoms with Crippen LogP contribution in [0.1, 0.15) is 88.7 Å². The van der Waals surface area contributed by atoms with Crippen molar-refractivity contribution in [3.05, 3.63) is 168 Å². The number of hydrogen-bond acceptors (Lipinski definition) is 3. The summed E-state index contributed by atoms with van der Waals surface area (Å²) in [4.78, 5) is 10.3. The zero-order valence-corrected chi connectivity index (χ0v) is 38.2. The molecular formula is C55H54N3OPt-. The Morgan fingerprint density at radius 3 is 1.83 bits per heavy atom. The van der Waals surface area contributed by atoms with Crippen LogP contribution in [0.25, 0.3) is 72.7 Å². The van der Waals surface area contributed by atoms with Gasteiger partial charge in [0.1, 0.15) is 11.6 Å². The van der Waals surface area contributed by atoms with Gasteiger partial charge in [0, 0.05) is 42.6 Å². The molecule has 0 bridgehead atoms. The number of phenolic OH excluding ortho intramolecular Hbond substituents is 1. The van der Waals surface area contributed by atoms with Crippen LogP contribution in [0.2, 0.25) is 0 Å². The van der Waals surface area contributed by atoms with E-state index in [0.717, 1.165) is 61.2 Å². The number of imidazole rings is 1. The molecule has 0 aliphatic carbocycles. The van der Waals surface area contributed by atoms with Crippen LogP contribution in [0.4, 0.5) is 0 Å². The zero-order valence-electron chi connectivity index (χ0n) is 38.9. The summed E-state index contributed by atoms with van der Waals surface area (Å²) in [5, 5.41) is 12.2. The van der Waals surface area contributed by atoms with Gasteiger partial charge in [-0.2, -0.15) is 0 Å². The van der Waals surface area contributed by atoms with Gasteiger partial charge in [0.25, 0.3) is 0 Å². The van der Waals surface area contributed by atoms with Gasteiger partial charge in [-0.05, 0) is 80.7 Å². The van der Waals surface area contributed by atoms with E-state index in [1.165, 1.54) is 11.8 Å². The molecule has 0 amide bonds. The van der Waals surface area contributed by atoms with Crippen LogP contribution in [0.15, 0.2) is 140 Å². The average Bonchev–Trinajstić information content (AvgIpc) is 3.62. The van der Waals surface area contributed by atoms with Gasteiger partial charge in [-0.3, -0.25) is 9.55 Å². The molecule has 0 fully saturated rings. The van der Waals surface area contributed by atoms with Crippen molar-refractivity contribution in [1.82, 2.24) is 14.5 Å². The standard InChI is InChI=1S/C55H54N3O.Pt/c1-35-34-56-47(33-44(35)36-19-13-11-14-20-36)39-29-38(30-41(31-39)54(5,6)7)42-23-18-26-49-50(42)57-52(43-24-17-25-46(51(43)59)55(8,9)10)58(49)48-28-27-40(53(2,3)4)32-45(48)37-21-15-12-16-22-37;/h11-28,30-34,59H,1-10H3;/q-1;/i1D3;. The summed E-state index contributed by atoms with van der Waals surface area (Å²) in [7, 11) is 0. The van der Waals surface area contributed by atoms with Crippen LogP contribution in [-0.4, -0.2) is 19.6 Å². The van der Waals surface area contributed by atoms with E-state index < -0.39 is 6.85 Å². The number of benzene rings is 6. The van der Waals surface area contributed by atoms with Crippen molar-refractivity contribution < 1.29 is 30.3 Å². The SMILES string of the molecule is [2H]C([2H])([2H])c1cnc(-c2[c-]c(-c3cccc4c3nc(-c3cccc(C(C)(C)C)c3O)n4-c3ccc(C(C)(C)C)cc3-c3ccccc3)cc(C(C)(C)C)c2)cc1-c1ccccc1.[Pt]. The fraction of sp³-hybridized carbons (Fsp3) is 0.236. The number of phenols is 1. The summed E-state index contributed by atoms with van der Waals surface area (Å²) < 4.78 is 27.2. The number of para-hydroxylation sites is 2. The first-order chi connectivity index (χ1) is 29.2. The van der Waals surface area contributed by atoms with Crippen LogP contribution >= 0.6 is 0 Å². The molecule has 306 valence electrons. The minimum Gasteiger partial charge on any atom is -0.507 e. The van der Waals surface area contributed by atoms with Gasteiger partial charge in [-0.25, -0.2) is 4.98 Å². The number of hydrogen-bond donors (Lipinski definition) is 1. The monoisotopic (exact) mass is 970 g/mol. The third-order valence-electron chi connectivity index (χ3n) is 11.2. The average molecular weight is 971 g/mol. The first kappa shape index (κ1) is 38.6. The van der Waals surface area contributed by atoms with E-state index in [4.69, 9.17) is 14.1 Å². The Hall–Kier alpha value is -5.57. The molecule has 0 radical (unpaired) electrons. The maximum Gasteiger partial charge on any atom is 0.148 e. The summed E-state index contributed by atoms with van der Waals surface area (Å²) >= 11 is 0. The molecule has 60 heavy (non-hydrogen) atoms. The number of rotatable bonds is 6. The number of aryl methyl sites for hydroxylation is 1. The summed E-state index contributed by atoms with van der Waals surface area (Å²) in [6.45, 7) is 17.2. The number of aromatic hydroxyl groups is 1. The third-order valence-corrected chi connectivity index (χ3v) is 11.2. The largest absolute Gasteiger partial charge is 0.507 e. The Labute approximate surface area is 374 Å². The summed E-state index contributed by atoms with van der Waals surface area (Å²) in [5.74, 6) is 0.827. The maximum absolute atomic E-state index is 12.2. The van der Waals surface area contributed by atoms with Crippen molar-refractivity contribution >= 4 is 11.0 Å². The van der Waals surface area contributed by atoms with E-state index in [-0.39, 0.29) is 48.6 Å². The van der Waals surface area contributed by atoms with Crippen molar-refractivity contribution in [2.45, 2.75) is 85.4 Å². The van der Waals surface area contributed by atoms with Crippen molar-refractivity contribution in [2.24, 2.45) is 0 Å². The second kappa shape index (κ2) is 16.1. The van der Waals surface area contributed by atoms with Gasteiger partial charge in [0.15, 0.2) is 0 Å². The molecule has 8 aromatic rings. The smallest absolute Gasteiger partial charge is 0.148 e. The first-order valence-electron chi connectivity index (χ1n) is 21.9. The molecular weight excluding hydrogens is 914 g/mol. The van der Waals surface area contributed by atoms with Gasteiger partial charge in [-0.1, -0.05) is 171 Å². The second-order valence-electron chi connectivity index (χ2n) is 18.7. The Morgan fingerprint density at radius 2 is 1.20 bits per heavy atom. The zero-order chi connectivity index (χ0) is 44.4. The molecule has 4 nitrogen and oxygen atoms in total. The molecule has 6 aromatic carbocycles. The maximum atomic E-state index is 12.2. The Balaban J connectivity index is 0.00000595. The predicted molar refractivity (Wildman–Crippen MR) is 247 cm³/mol. The van der Waals surface area contributed by atoms with Crippen LogP contribution < -0.4 is 0 Å². The molecule has 0 aliphatic heterocycles. The van der Waals surface area contributed by atoms with E-state index in [1.807, 2.05) is 60.7 Å². The van der Waals surface area contributed by atoms with Gasteiger partial charge in [0.05, 0.1) is 22.3 Å². The predicted octanol–water partition coefficient (Wildman–Crippen LogP) is 14.5. The van der Waals surface area contributed by atoms with Crippen LogP contribution in [0.5, 0.6) is 5.75 Å². The van der Waals surface area contributed by atoms with Gasteiger partial charge >= 0.3 is 0 Å². The number of aromatic nitrogens is 3. The van der Waals surface area contributed by atoms with Crippen molar-refractivity contribution in [1.29, 1.82) is 0 Å². The van der Waals surface area contributed by atoms with Crippen LogP contribution in [0, 0.1) is 12.9 Å². The van der Waals surface area contributed by atoms with Crippen molar-refractivity contribution in [3.8, 4) is 67.5 Å². The van der Waals surface area contributed by atoms with Crippen LogP contribution in [-0.2, 0) is 37.3 Å². The van der Waals surface area contributed by atoms with E-state index in [2.05, 4.69) is 146 Å². The molecule has 0 saturated heterocycles. The van der Waals surface area contributed by atoms with Gasteiger partial charge < -0.3 is 5.11 Å². The minimum absolute atomic E-state index is 0.